The Morgan fingerprint density at radius 3 is 2.55 bits per heavy atom. The molecule has 1 saturated carbocycles. The van der Waals surface area contributed by atoms with E-state index in [1.54, 1.807) is 4.90 Å². The van der Waals surface area contributed by atoms with Crippen LogP contribution < -0.4 is 11.1 Å². The number of likely N-dealkylation sites (tertiary alicyclic amines) is 1. The fourth-order valence-corrected chi connectivity index (χ4v) is 3.15. The Hall–Kier alpha value is -0.810. The summed E-state index contributed by atoms with van der Waals surface area (Å²) >= 11 is 0. The van der Waals surface area contributed by atoms with Crippen LogP contribution in [0.25, 0.3) is 0 Å². The maximum absolute atomic E-state index is 12.1. The van der Waals surface area contributed by atoms with Crippen molar-refractivity contribution in [3.05, 3.63) is 0 Å². The molecule has 0 aromatic carbocycles. The Bertz CT molecular complexity index is 343. The van der Waals surface area contributed by atoms with Gasteiger partial charge in [0.1, 0.15) is 0 Å². The van der Waals surface area contributed by atoms with Crippen LogP contribution in [0.3, 0.4) is 0 Å². The van der Waals surface area contributed by atoms with Crippen molar-refractivity contribution in [2.45, 2.75) is 56.9 Å². The molecule has 0 bridgehead atoms. The van der Waals surface area contributed by atoms with Gasteiger partial charge in [-0.25, -0.2) is 0 Å². The zero-order chi connectivity index (χ0) is 13.7. The third-order valence-electron chi connectivity index (χ3n) is 4.36. The Kier molecular flexibility index (Phi) is 6.76. The molecule has 2 rings (SSSR count). The predicted octanol–water partition coefficient (Wildman–Crippen LogP) is 1.20. The summed E-state index contributed by atoms with van der Waals surface area (Å²) in [6.45, 7) is 1.40. The quantitative estimate of drug-likeness (QED) is 0.819. The number of nitrogens with two attached hydrogens (primary N) is 1. The number of carbonyl (C=O) groups excluding carboxylic acids is 2. The first-order valence-electron chi connectivity index (χ1n) is 7.44. The molecule has 5 nitrogen and oxygen atoms in total. The molecule has 1 heterocycles. The predicted molar refractivity (Wildman–Crippen MR) is 80.7 cm³/mol. The van der Waals surface area contributed by atoms with Crippen LogP contribution in [0.15, 0.2) is 0 Å². The maximum Gasteiger partial charge on any atom is 0.240 e. The minimum Gasteiger partial charge on any atom is -0.348 e. The van der Waals surface area contributed by atoms with Gasteiger partial charge in [0.15, 0.2) is 0 Å². The summed E-state index contributed by atoms with van der Waals surface area (Å²) in [6, 6.07) is 0. The van der Waals surface area contributed by atoms with Crippen LogP contribution in [0, 0.1) is 0 Å². The number of rotatable bonds is 4. The third-order valence-corrected chi connectivity index (χ3v) is 4.36. The van der Waals surface area contributed by atoms with E-state index in [1.165, 1.54) is 0 Å². The van der Waals surface area contributed by atoms with Crippen molar-refractivity contribution < 1.29 is 9.59 Å². The summed E-state index contributed by atoms with van der Waals surface area (Å²) in [5.74, 6) is 0.0588. The van der Waals surface area contributed by atoms with Gasteiger partial charge in [0.05, 0.1) is 12.1 Å². The highest BCUT2D eigenvalue weighted by Crippen LogP contribution is 2.28. The molecule has 2 fully saturated rings. The molecule has 2 aliphatic rings. The summed E-state index contributed by atoms with van der Waals surface area (Å²) in [4.78, 5) is 25.7. The normalized spacial score (nSPS) is 22.1. The lowest BCUT2D eigenvalue weighted by molar-refractivity contribution is -0.136. The summed E-state index contributed by atoms with van der Waals surface area (Å²) in [6.07, 6.45) is 7.78. The number of carbonyl (C=O) groups is 2. The van der Waals surface area contributed by atoms with Crippen LogP contribution in [0.4, 0.5) is 0 Å². The fraction of sp³-hybridized carbons (Fsp3) is 0.857. The molecule has 0 spiro atoms. The van der Waals surface area contributed by atoms with Crippen molar-refractivity contribution in [3.8, 4) is 0 Å². The second-order valence-electron chi connectivity index (χ2n) is 5.87. The van der Waals surface area contributed by atoms with Gasteiger partial charge in [-0.1, -0.05) is 19.3 Å². The highest BCUT2D eigenvalue weighted by molar-refractivity contribution is 5.85. The highest BCUT2D eigenvalue weighted by atomic mass is 35.5. The van der Waals surface area contributed by atoms with Gasteiger partial charge < -0.3 is 16.0 Å². The van der Waals surface area contributed by atoms with Crippen LogP contribution >= 0.6 is 12.4 Å². The molecule has 1 saturated heterocycles. The lowest BCUT2D eigenvalue weighted by Gasteiger charge is -2.30. The first-order valence-corrected chi connectivity index (χ1v) is 7.44. The minimum absolute atomic E-state index is 0. The van der Waals surface area contributed by atoms with E-state index in [2.05, 4.69) is 5.32 Å². The molecule has 3 N–H and O–H groups in total. The Labute approximate surface area is 127 Å². The average molecular weight is 304 g/mol. The molecule has 2 amide bonds. The number of hydrogen-bond acceptors (Lipinski definition) is 3. The van der Waals surface area contributed by atoms with E-state index in [1.807, 2.05) is 0 Å². The third kappa shape index (κ3) is 4.35. The van der Waals surface area contributed by atoms with Gasteiger partial charge in [0.2, 0.25) is 11.8 Å². The Morgan fingerprint density at radius 1 is 1.20 bits per heavy atom. The number of halogens is 1. The van der Waals surface area contributed by atoms with Crippen LogP contribution in [0.2, 0.25) is 0 Å². The van der Waals surface area contributed by atoms with Crippen LogP contribution in [0.5, 0.6) is 0 Å². The van der Waals surface area contributed by atoms with Crippen molar-refractivity contribution in [2.24, 2.45) is 5.73 Å². The maximum atomic E-state index is 12.1. The van der Waals surface area contributed by atoms with Gasteiger partial charge in [-0.15, -0.1) is 12.4 Å². The molecule has 20 heavy (non-hydrogen) atoms. The number of nitrogens with one attached hydrogen (secondary N) is 1. The lowest BCUT2D eigenvalue weighted by atomic mass is 9.98. The van der Waals surface area contributed by atoms with E-state index in [0.29, 0.717) is 19.5 Å². The SMILES string of the molecule is Cl.NCC1(NC(=O)CN2CCCCCC2=O)CCCC1. The first kappa shape index (κ1) is 17.2. The number of amides is 2. The van der Waals surface area contributed by atoms with Crippen molar-refractivity contribution in [1.29, 1.82) is 0 Å². The van der Waals surface area contributed by atoms with E-state index in [4.69, 9.17) is 5.73 Å². The topological polar surface area (TPSA) is 75.4 Å². The van der Waals surface area contributed by atoms with Gasteiger partial charge in [-0.2, -0.15) is 0 Å². The largest absolute Gasteiger partial charge is 0.348 e. The monoisotopic (exact) mass is 303 g/mol. The van der Waals surface area contributed by atoms with Crippen molar-refractivity contribution in [2.75, 3.05) is 19.6 Å². The van der Waals surface area contributed by atoms with Gasteiger partial charge in [0.25, 0.3) is 0 Å². The molecule has 0 aromatic heterocycles. The van der Waals surface area contributed by atoms with E-state index in [9.17, 15) is 9.59 Å². The molecular formula is C14H26ClN3O2. The summed E-state index contributed by atoms with van der Waals surface area (Å²) in [5, 5.41) is 3.07. The fourth-order valence-electron chi connectivity index (χ4n) is 3.15. The zero-order valence-corrected chi connectivity index (χ0v) is 12.8. The standard InChI is InChI=1S/C14H25N3O2.ClH/c15-11-14(7-3-4-8-14)16-12(18)10-17-9-5-1-2-6-13(17)19;/h1-11,15H2,(H,16,18);1H. The first-order chi connectivity index (χ1) is 9.15. The van der Waals surface area contributed by atoms with Gasteiger partial charge in [-0.05, 0) is 25.7 Å². The summed E-state index contributed by atoms with van der Waals surface area (Å²) in [5.41, 5.74) is 5.59. The van der Waals surface area contributed by atoms with E-state index in [-0.39, 0.29) is 36.3 Å². The Morgan fingerprint density at radius 2 is 1.90 bits per heavy atom. The number of hydrogen-bond donors (Lipinski definition) is 2. The van der Waals surface area contributed by atoms with Crippen molar-refractivity contribution in [3.63, 3.8) is 0 Å². The molecule has 0 aromatic rings. The van der Waals surface area contributed by atoms with Crippen molar-refractivity contribution in [1.82, 2.24) is 10.2 Å². The summed E-state index contributed by atoms with van der Waals surface area (Å²) in [7, 11) is 0. The van der Waals surface area contributed by atoms with E-state index in [0.717, 1.165) is 44.9 Å². The zero-order valence-electron chi connectivity index (χ0n) is 12.0. The van der Waals surface area contributed by atoms with Gasteiger partial charge in [-0.3, -0.25) is 9.59 Å². The van der Waals surface area contributed by atoms with Gasteiger partial charge >= 0.3 is 0 Å². The van der Waals surface area contributed by atoms with Crippen LogP contribution in [0.1, 0.15) is 51.4 Å². The van der Waals surface area contributed by atoms with Crippen molar-refractivity contribution >= 4 is 24.2 Å². The Balaban J connectivity index is 0.00000200. The smallest absolute Gasteiger partial charge is 0.240 e. The molecule has 116 valence electrons. The molecular weight excluding hydrogens is 278 g/mol. The number of nitrogens with zero attached hydrogens (tertiary/aromatic N) is 1. The summed E-state index contributed by atoms with van der Waals surface area (Å²) < 4.78 is 0. The van der Waals surface area contributed by atoms with E-state index < -0.39 is 0 Å². The lowest BCUT2D eigenvalue weighted by Crippen LogP contribution is -2.54. The minimum atomic E-state index is -0.216. The molecule has 0 unspecified atom stereocenters. The second-order valence-corrected chi connectivity index (χ2v) is 5.87. The molecule has 1 aliphatic carbocycles. The molecule has 0 radical (unpaired) electrons. The van der Waals surface area contributed by atoms with E-state index >= 15 is 0 Å². The molecule has 6 heteroatoms. The molecule has 1 aliphatic heterocycles. The molecule has 0 atom stereocenters. The average Bonchev–Trinajstić information content (AvgIpc) is 2.76. The van der Waals surface area contributed by atoms with Gasteiger partial charge in [0, 0.05) is 19.5 Å². The van der Waals surface area contributed by atoms with Crippen LogP contribution in [-0.2, 0) is 9.59 Å². The van der Waals surface area contributed by atoms with Crippen LogP contribution in [-0.4, -0.2) is 41.9 Å². The second kappa shape index (κ2) is 7.84. The highest BCUT2D eigenvalue weighted by Gasteiger charge is 2.34.